The van der Waals surface area contributed by atoms with Gasteiger partial charge < -0.3 is 9.47 Å². The molecule has 0 aliphatic rings. The van der Waals surface area contributed by atoms with Crippen LogP contribution in [0, 0.1) is 11.3 Å². The first-order chi connectivity index (χ1) is 9.22. The van der Waals surface area contributed by atoms with Crippen molar-refractivity contribution in [1.82, 2.24) is 0 Å². The molecule has 96 valence electrons. The Morgan fingerprint density at radius 1 is 1.37 bits per heavy atom. The van der Waals surface area contributed by atoms with E-state index < -0.39 is 0 Å². The summed E-state index contributed by atoms with van der Waals surface area (Å²) < 4.78 is 10.3. The summed E-state index contributed by atoms with van der Waals surface area (Å²) in [4.78, 5) is 11.8. The number of hydrogen-bond acceptors (Lipinski definition) is 5. The fourth-order valence-corrected chi connectivity index (χ4v) is 2.21. The molecule has 1 aromatic heterocycles. The summed E-state index contributed by atoms with van der Waals surface area (Å²) in [6.45, 7) is 0. The molecule has 19 heavy (non-hydrogen) atoms. The molecule has 0 atom stereocenters. The monoisotopic (exact) mass is 273 g/mol. The molecule has 0 N–H and O–H groups in total. The Morgan fingerprint density at radius 3 is 2.84 bits per heavy atom. The first-order valence-electron chi connectivity index (χ1n) is 5.53. The number of hydrogen-bond donors (Lipinski definition) is 0. The average molecular weight is 273 g/mol. The van der Waals surface area contributed by atoms with Crippen molar-refractivity contribution in [3.63, 3.8) is 0 Å². The number of thiophene rings is 1. The molecule has 1 aromatic carbocycles. The summed E-state index contributed by atoms with van der Waals surface area (Å²) in [5.74, 6) is 0.334. The van der Waals surface area contributed by atoms with Crippen LogP contribution in [0.3, 0.4) is 0 Å². The summed E-state index contributed by atoms with van der Waals surface area (Å²) in [6, 6.07) is 8.55. The van der Waals surface area contributed by atoms with E-state index in [1.165, 1.54) is 24.5 Å². The van der Waals surface area contributed by atoms with Gasteiger partial charge in [-0.15, -0.1) is 0 Å². The zero-order valence-corrected chi connectivity index (χ0v) is 11.1. The first-order valence-corrected chi connectivity index (χ1v) is 6.47. The summed E-state index contributed by atoms with van der Waals surface area (Å²) in [7, 11) is 1.46. The Morgan fingerprint density at radius 2 is 2.21 bits per heavy atom. The second kappa shape index (κ2) is 6.03. The molecule has 0 spiro atoms. The predicted octanol–water partition coefficient (Wildman–Crippen LogP) is 2.78. The summed E-state index contributed by atoms with van der Waals surface area (Å²) >= 11 is 1.53. The van der Waals surface area contributed by atoms with Crippen LogP contribution in [0.25, 0.3) is 0 Å². The maximum absolute atomic E-state index is 11.8. The van der Waals surface area contributed by atoms with E-state index in [2.05, 4.69) is 0 Å². The molecule has 2 aromatic rings. The number of rotatable bonds is 4. The highest BCUT2D eigenvalue weighted by atomic mass is 32.1. The molecule has 0 bridgehead atoms. The van der Waals surface area contributed by atoms with Crippen LogP contribution in [0.15, 0.2) is 35.0 Å². The average Bonchev–Trinajstić information content (AvgIpc) is 2.91. The molecule has 0 fully saturated rings. The zero-order valence-electron chi connectivity index (χ0n) is 10.3. The fraction of sp³-hybridized carbons (Fsp3) is 0.143. The Kier molecular flexibility index (Phi) is 4.16. The molecule has 0 saturated carbocycles. The van der Waals surface area contributed by atoms with Gasteiger partial charge in [0.05, 0.1) is 25.2 Å². The molecule has 0 amide bonds. The molecule has 2 rings (SSSR count). The topological polar surface area (TPSA) is 59.3 Å². The lowest BCUT2D eigenvalue weighted by atomic mass is 10.2. The van der Waals surface area contributed by atoms with Gasteiger partial charge in [-0.3, -0.25) is 4.79 Å². The van der Waals surface area contributed by atoms with Gasteiger partial charge in [0.1, 0.15) is 0 Å². The number of benzene rings is 1. The third kappa shape index (κ3) is 3.33. The van der Waals surface area contributed by atoms with Crippen molar-refractivity contribution in [1.29, 1.82) is 5.26 Å². The lowest BCUT2D eigenvalue weighted by Gasteiger charge is -2.08. The van der Waals surface area contributed by atoms with Crippen molar-refractivity contribution in [3.8, 4) is 17.6 Å². The number of carbonyl (C=O) groups excluding carboxylic acids is 1. The van der Waals surface area contributed by atoms with E-state index in [9.17, 15) is 4.79 Å². The van der Waals surface area contributed by atoms with Crippen molar-refractivity contribution >= 4 is 17.3 Å². The van der Waals surface area contributed by atoms with Crippen LogP contribution in [0.2, 0.25) is 0 Å². The molecule has 4 nitrogen and oxygen atoms in total. The van der Waals surface area contributed by atoms with Crippen molar-refractivity contribution in [3.05, 3.63) is 46.2 Å². The van der Waals surface area contributed by atoms with E-state index >= 15 is 0 Å². The molecule has 0 radical (unpaired) electrons. The van der Waals surface area contributed by atoms with Crippen molar-refractivity contribution in [2.24, 2.45) is 0 Å². The highest BCUT2D eigenvalue weighted by molar-refractivity contribution is 7.07. The normalized spacial score (nSPS) is 9.68. The van der Waals surface area contributed by atoms with Gasteiger partial charge in [-0.25, -0.2) is 0 Å². The van der Waals surface area contributed by atoms with E-state index in [1.54, 1.807) is 12.1 Å². The predicted molar refractivity (Wildman–Crippen MR) is 71.4 cm³/mol. The van der Waals surface area contributed by atoms with E-state index in [-0.39, 0.29) is 12.4 Å². The number of nitrogens with zero attached hydrogens (tertiary/aromatic N) is 1. The number of methoxy groups -OCH3 is 1. The van der Waals surface area contributed by atoms with Gasteiger partial charge in [-0.2, -0.15) is 16.6 Å². The Bertz CT molecular complexity index is 614. The van der Waals surface area contributed by atoms with Crippen LogP contribution >= 0.6 is 11.3 Å². The largest absolute Gasteiger partial charge is 0.493 e. The SMILES string of the molecule is COc1cc(C#N)ccc1OC(=O)Cc1ccsc1. The van der Waals surface area contributed by atoms with Gasteiger partial charge in [0.2, 0.25) is 0 Å². The molecule has 5 heteroatoms. The lowest BCUT2D eigenvalue weighted by molar-refractivity contribution is -0.133. The number of nitriles is 1. The molecule has 0 saturated heterocycles. The van der Waals surface area contributed by atoms with Crippen LogP contribution in [0.1, 0.15) is 11.1 Å². The van der Waals surface area contributed by atoms with Crippen LogP contribution in [0.4, 0.5) is 0 Å². The number of carbonyl (C=O) groups is 1. The second-order valence-electron chi connectivity index (χ2n) is 3.76. The molecule has 0 aliphatic carbocycles. The van der Waals surface area contributed by atoms with Crippen LogP contribution < -0.4 is 9.47 Å². The minimum absolute atomic E-state index is 0.215. The molecular formula is C14H11NO3S. The molecular weight excluding hydrogens is 262 g/mol. The van der Waals surface area contributed by atoms with Gasteiger partial charge in [-0.05, 0) is 34.5 Å². The van der Waals surface area contributed by atoms with E-state index in [4.69, 9.17) is 14.7 Å². The molecule has 0 aliphatic heterocycles. The lowest BCUT2D eigenvalue weighted by Crippen LogP contribution is -2.11. The van der Waals surface area contributed by atoms with Crippen molar-refractivity contribution < 1.29 is 14.3 Å². The number of ether oxygens (including phenoxy) is 2. The smallest absolute Gasteiger partial charge is 0.315 e. The Labute approximate surface area is 114 Å². The first kappa shape index (κ1) is 13.1. The van der Waals surface area contributed by atoms with E-state index in [0.29, 0.717) is 17.1 Å². The van der Waals surface area contributed by atoms with E-state index in [1.807, 2.05) is 22.9 Å². The van der Waals surface area contributed by atoms with Gasteiger partial charge >= 0.3 is 5.97 Å². The summed E-state index contributed by atoms with van der Waals surface area (Å²) in [5, 5.41) is 12.6. The Hall–Kier alpha value is -2.32. The molecule has 0 unspecified atom stereocenters. The minimum atomic E-state index is -0.360. The van der Waals surface area contributed by atoms with Gasteiger partial charge in [0.15, 0.2) is 11.5 Å². The highest BCUT2D eigenvalue weighted by Gasteiger charge is 2.11. The summed E-state index contributed by atoms with van der Waals surface area (Å²) in [6.07, 6.45) is 0.215. The zero-order chi connectivity index (χ0) is 13.7. The maximum Gasteiger partial charge on any atom is 0.315 e. The summed E-state index contributed by atoms with van der Waals surface area (Å²) in [5.41, 5.74) is 1.37. The third-order valence-corrected chi connectivity index (χ3v) is 3.18. The standard InChI is InChI=1S/C14H11NO3S/c1-17-13-6-10(8-15)2-3-12(13)18-14(16)7-11-4-5-19-9-11/h2-6,9H,7H2,1H3. The third-order valence-electron chi connectivity index (χ3n) is 2.45. The highest BCUT2D eigenvalue weighted by Crippen LogP contribution is 2.28. The molecule has 1 heterocycles. The second-order valence-corrected chi connectivity index (χ2v) is 4.54. The van der Waals surface area contributed by atoms with Crippen molar-refractivity contribution in [2.75, 3.05) is 7.11 Å². The van der Waals surface area contributed by atoms with Gasteiger partial charge in [0.25, 0.3) is 0 Å². The van der Waals surface area contributed by atoms with Gasteiger partial charge in [0, 0.05) is 6.07 Å². The van der Waals surface area contributed by atoms with Crippen molar-refractivity contribution in [2.45, 2.75) is 6.42 Å². The quantitative estimate of drug-likeness (QED) is 0.635. The number of esters is 1. The maximum atomic E-state index is 11.8. The Balaban J connectivity index is 2.10. The van der Waals surface area contributed by atoms with Gasteiger partial charge in [-0.1, -0.05) is 0 Å². The minimum Gasteiger partial charge on any atom is -0.493 e. The van der Waals surface area contributed by atoms with E-state index in [0.717, 1.165) is 5.56 Å². The fourth-order valence-electron chi connectivity index (χ4n) is 1.54. The van der Waals surface area contributed by atoms with Crippen LogP contribution in [-0.2, 0) is 11.2 Å². The van der Waals surface area contributed by atoms with Crippen LogP contribution in [0.5, 0.6) is 11.5 Å². The van der Waals surface area contributed by atoms with Crippen LogP contribution in [-0.4, -0.2) is 13.1 Å².